The second kappa shape index (κ2) is 5.22. The molecule has 0 unspecified atom stereocenters. The maximum absolute atomic E-state index is 12.5. The molecule has 1 aliphatic heterocycles. The molecule has 2 aromatic rings. The first-order chi connectivity index (χ1) is 9.36. The Labute approximate surface area is 112 Å². The highest BCUT2D eigenvalue weighted by atomic mass is 16.2. The summed E-state index contributed by atoms with van der Waals surface area (Å²) in [5, 5.41) is 0. The minimum absolute atomic E-state index is 0.105. The molecule has 1 aliphatic rings. The van der Waals surface area contributed by atoms with E-state index in [4.69, 9.17) is 0 Å². The number of carbonyl (C=O) groups is 1. The molecule has 1 atom stereocenters. The third-order valence-corrected chi connectivity index (χ3v) is 3.56. The maximum atomic E-state index is 12.5. The van der Waals surface area contributed by atoms with Crippen LogP contribution in [-0.2, 0) is 0 Å². The Bertz CT molecular complexity index is 553. The standard InChI is InChI=1S/C16H16N2O/c19-16(13-7-2-1-3-8-13)18-12-6-10-15(18)14-9-4-5-11-17-14/h1-5,7-9,11,15H,6,10,12H2/t15-/m0/s1. The van der Waals surface area contributed by atoms with Gasteiger partial charge >= 0.3 is 0 Å². The Morgan fingerprint density at radius 3 is 2.63 bits per heavy atom. The fourth-order valence-corrected chi connectivity index (χ4v) is 2.64. The number of aromatic nitrogens is 1. The van der Waals surface area contributed by atoms with Gasteiger partial charge in [0.2, 0.25) is 0 Å². The molecule has 0 aliphatic carbocycles. The van der Waals surface area contributed by atoms with E-state index in [0.29, 0.717) is 0 Å². The van der Waals surface area contributed by atoms with Gasteiger partial charge in [-0.1, -0.05) is 24.3 Å². The lowest BCUT2D eigenvalue weighted by atomic mass is 10.1. The number of carbonyl (C=O) groups excluding carboxylic acids is 1. The molecule has 0 N–H and O–H groups in total. The van der Waals surface area contributed by atoms with E-state index >= 15 is 0 Å². The van der Waals surface area contributed by atoms with Crippen LogP contribution in [-0.4, -0.2) is 22.3 Å². The van der Waals surface area contributed by atoms with Crippen molar-refractivity contribution in [3.63, 3.8) is 0 Å². The zero-order valence-electron chi connectivity index (χ0n) is 10.7. The van der Waals surface area contributed by atoms with Crippen molar-refractivity contribution in [1.82, 2.24) is 9.88 Å². The van der Waals surface area contributed by atoms with Crippen molar-refractivity contribution < 1.29 is 4.79 Å². The van der Waals surface area contributed by atoms with Crippen LogP contribution >= 0.6 is 0 Å². The third-order valence-electron chi connectivity index (χ3n) is 3.56. The highest BCUT2D eigenvalue weighted by molar-refractivity contribution is 5.94. The summed E-state index contributed by atoms with van der Waals surface area (Å²) in [5.41, 5.74) is 1.75. The van der Waals surface area contributed by atoms with Crippen molar-refractivity contribution in [2.75, 3.05) is 6.54 Å². The van der Waals surface area contributed by atoms with Crippen LogP contribution in [0.4, 0.5) is 0 Å². The predicted octanol–water partition coefficient (Wildman–Crippen LogP) is 3.06. The van der Waals surface area contributed by atoms with Gasteiger partial charge in [0.1, 0.15) is 0 Å². The van der Waals surface area contributed by atoms with E-state index in [1.807, 2.05) is 53.4 Å². The topological polar surface area (TPSA) is 33.2 Å². The first kappa shape index (κ1) is 11.9. The van der Waals surface area contributed by atoms with Crippen LogP contribution < -0.4 is 0 Å². The molecule has 19 heavy (non-hydrogen) atoms. The molecule has 96 valence electrons. The second-order valence-corrected chi connectivity index (χ2v) is 4.78. The Kier molecular flexibility index (Phi) is 3.27. The molecule has 0 bridgehead atoms. The van der Waals surface area contributed by atoms with Gasteiger partial charge in [-0.3, -0.25) is 9.78 Å². The zero-order chi connectivity index (χ0) is 13.1. The van der Waals surface area contributed by atoms with E-state index in [9.17, 15) is 4.79 Å². The van der Waals surface area contributed by atoms with Crippen LogP contribution in [0, 0.1) is 0 Å². The fourth-order valence-electron chi connectivity index (χ4n) is 2.64. The molecular formula is C16H16N2O. The summed E-state index contributed by atoms with van der Waals surface area (Å²) in [6, 6.07) is 15.5. The molecule has 0 radical (unpaired) electrons. The predicted molar refractivity (Wildman–Crippen MR) is 73.7 cm³/mol. The van der Waals surface area contributed by atoms with Crippen LogP contribution in [0.3, 0.4) is 0 Å². The van der Waals surface area contributed by atoms with Crippen molar-refractivity contribution >= 4 is 5.91 Å². The summed E-state index contributed by atoms with van der Waals surface area (Å²) in [5.74, 6) is 0.105. The van der Waals surface area contributed by atoms with Gasteiger partial charge in [-0.15, -0.1) is 0 Å². The number of nitrogens with zero attached hydrogens (tertiary/aromatic N) is 2. The Balaban J connectivity index is 1.86. The average Bonchev–Trinajstić information content (AvgIpc) is 2.98. The van der Waals surface area contributed by atoms with E-state index in [1.54, 1.807) is 6.20 Å². The Hall–Kier alpha value is -2.16. The summed E-state index contributed by atoms with van der Waals surface area (Å²) in [4.78, 5) is 18.9. The Morgan fingerprint density at radius 1 is 1.11 bits per heavy atom. The van der Waals surface area contributed by atoms with Crippen LogP contribution in [0.2, 0.25) is 0 Å². The summed E-state index contributed by atoms with van der Waals surface area (Å²) in [6.07, 6.45) is 3.83. The van der Waals surface area contributed by atoms with Gasteiger partial charge in [-0.2, -0.15) is 0 Å². The van der Waals surface area contributed by atoms with Gasteiger partial charge in [0.15, 0.2) is 0 Å². The van der Waals surface area contributed by atoms with E-state index < -0.39 is 0 Å². The lowest BCUT2D eigenvalue weighted by Gasteiger charge is -2.24. The lowest BCUT2D eigenvalue weighted by molar-refractivity contribution is 0.0733. The molecule has 3 rings (SSSR count). The van der Waals surface area contributed by atoms with Crippen molar-refractivity contribution in [3.8, 4) is 0 Å². The molecule has 1 amide bonds. The van der Waals surface area contributed by atoms with Crippen LogP contribution in [0.1, 0.15) is 34.9 Å². The largest absolute Gasteiger partial charge is 0.330 e. The summed E-state index contributed by atoms with van der Waals surface area (Å²) in [7, 11) is 0. The second-order valence-electron chi connectivity index (χ2n) is 4.78. The zero-order valence-corrected chi connectivity index (χ0v) is 10.7. The fraction of sp³-hybridized carbons (Fsp3) is 0.250. The third kappa shape index (κ3) is 2.36. The monoisotopic (exact) mass is 252 g/mol. The summed E-state index contributed by atoms with van der Waals surface area (Å²) in [6.45, 7) is 0.814. The molecule has 3 heteroatoms. The average molecular weight is 252 g/mol. The molecule has 1 saturated heterocycles. The van der Waals surface area contributed by atoms with E-state index in [2.05, 4.69) is 4.98 Å². The van der Waals surface area contributed by atoms with Crippen LogP contribution in [0.25, 0.3) is 0 Å². The lowest BCUT2D eigenvalue weighted by Crippen LogP contribution is -2.30. The molecule has 1 aromatic carbocycles. The van der Waals surface area contributed by atoms with Crippen molar-refractivity contribution in [1.29, 1.82) is 0 Å². The highest BCUT2D eigenvalue weighted by Crippen LogP contribution is 2.31. The molecule has 0 saturated carbocycles. The van der Waals surface area contributed by atoms with E-state index in [0.717, 1.165) is 30.6 Å². The SMILES string of the molecule is O=C(c1ccccc1)N1CCC[C@H]1c1ccccn1. The van der Waals surface area contributed by atoms with Gasteiger partial charge < -0.3 is 4.90 Å². The van der Waals surface area contributed by atoms with Gasteiger partial charge in [-0.05, 0) is 37.1 Å². The molecule has 1 fully saturated rings. The summed E-state index contributed by atoms with van der Waals surface area (Å²) >= 11 is 0. The van der Waals surface area contributed by atoms with Crippen molar-refractivity contribution in [3.05, 3.63) is 66.0 Å². The van der Waals surface area contributed by atoms with Crippen LogP contribution in [0.5, 0.6) is 0 Å². The van der Waals surface area contributed by atoms with Crippen molar-refractivity contribution in [2.45, 2.75) is 18.9 Å². The smallest absolute Gasteiger partial charge is 0.254 e. The van der Waals surface area contributed by atoms with E-state index in [-0.39, 0.29) is 11.9 Å². The summed E-state index contributed by atoms with van der Waals surface area (Å²) < 4.78 is 0. The molecule has 2 heterocycles. The van der Waals surface area contributed by atoms with Gasteiger partial charge in [0, 0.05) is 18.3 Å². The number of pyridine rings is 1. The minimum Gasteiger partial charge on any atom is -0.330 e. The van der Waals surface area contributed by atoms with E-state index in [1.165, 1.54) is 0 Å². The number of rotatable bonds is 2. The molecule has 0 spiro atoms. The highest BCUT2D eigenvalue weighted by Gasteiger charge is 2.31. The molecule has 1 aromatic heterocycles. The number of amides is 1. The number of hydrogen-bond donors (Lipinski definition) is 0. The molecule has 3 nitrogen and oxygen atoms in total. The quantitative estimate of drug-likeness (QED) is 0.823. The van der Waals surface area contributed by atoms with Crippen molar-refractivity contribution in [2.24, 2.45) is 0 Å². The first-order valence-corrected chi connectivity index (χ1v) is 6.63. The maximum Gasteiger partial charge on any atom is 0.254 e. The first-order valence-electron chi connectivity index (χ1n) is 6.63. The number of hydrogen-bond acceptors (Lipinski definition) is 2. The molecular weight excluding hydrogens is 236 g/mol. The van der Waals surface area contributed by atoms with Crippen LogP contribution in [0.15, 0.2) is 54.7 Å². The number of likely N-dealkylation sites (tertiary alicyclic amines) is 1. The Morgan fingerprint density at radius 2 is 1.89 bits per heavy atom. The minimum atomic E-state index is 0.105. The normalized spacial score (nSPS) is 18.5. The van der Waals surface area contributed by atoms with Gasteiger partial charge in [0.05, 0.1) is 11.7 Å². The number of benzene rings is 1. The van der Waals surface area contributed by atoms with Gasteiger partial charge in [0.25, 0.3) is 5.91 Å². The van der Waals surface area contributed by atoms with Gasteiger partial charge in [-0.25, -0.2) is 0 Å².